The van der Waals surface area contributed by atoms with Crippen molar-refractivity contribution >= 4 is 27.5 Å². The largest absolute Gasteiger partial charge is 0.508 e. The maximum absolute atomic E-state index is 14.6. The average molecular weight is 617 g/mol. The summed E-state index contributed by atoms with van der Waals surface area (Å²) in [6.07, 6.45) is 11.5. The van der Waals surface area contributed by atoms with Crippen molar-refractivity contribution < 1.29 is 23.0 Å². The molecule has 0 saturated carbocycles. The summed E-state index contributed by atoms with van der Waals surface area (Å²) in [6.45, 7) is 7.34. The Kier molecular flexibility index (Phi) is 8.65. The lowest BCUT2D eigenvalue weighted by Crippen LogP contribution is -2.27. The van der Waals surface area contributed by atoms with Crippen molar-refractivity contribution in [2.75, 3.05) is 38.2 Å². The Morgan fingerprint density at radius 2 is 1.91 bits per heavy atom. The molecule has 4 aromatic rings. The fourth-order valence-electron chi connectivity index (χ4n) is 7.04. The van der Waals surface area contributed by atoms with Crippen LogP contribution in [0.1, 0.15) is 56.6 Å². The van der Waals surface area contributed by atoms with Gasteiger partial charge in [-0.05, 0) is 81.5 Å². The predicted molar refractivity (Wildman–Crippen MR) is 171 cm³/mol. The van der Waals surface area contributed by atoms with E-state index in [4.69, 9.17) is 15.6 Å². The number of alkyl halides is 1. The van der Waals surface area contributed by atoms with Crippen LogP contribution in [0, 0.1) is 31.0 Å². The van der Waals surface area contributed by atoms with E-state index in [-0.39, 0.29) is 28.5 Å². The number of halogens is 2. The number of hydrogen-bond acceptors (Lipinski definition) is 8. The van der Waals surface area contributed by atoms with Gasteiger partial charge in [0.05, 0.1) is 18.2 Å². The van der Waals surface area contributed by atoms with E-state index in [0.29, 0.717) is 51.7 Å². The molecule has 7 rings (SSSR count). The van der Waals surface area contributed by atoms with E-state index < -0.39 is 17.6 Å². The molecule has 5 heterocycles. The topological polar surface area (TPSA) is 91.9 Å². The lowest BCUT2D eigenvalue weighted by Gasteiger charge is -2.23. The molecule has 2 aromatic carbocycles. The molecule has 0 amide bonds. The van der Waals surface area contributed by atoms with Crippen molar-refractivity contribution in [1.29, 1.82) is 0 Å². The minimum Gasteiger partial charge on any atom is -0.508 e. The number of aryl methyl sites for hydroxylation is 1. The smallest absolute Gasteiger partial charge is 0.349 e. The van der Waals surface area contributed by atoms with Gasteiger partial charge in [0.15, 0.2) is 5.82 Å². The number of hydrogen-bond donors (Lipinski definition) is 1. The highest BCUT2D eigenvalue weighted by Gasteiger charge is 2.34. The van der Waals surface area contributed by atoms with Gasteiger partial charge in [-0.25, -0.2) is 13.6 Å². The second kappa shape index (κ2) is 12.6. The molecule has 0 radical (unpaired) electrons. The molecule has 3 fully saturated rings. The molecule has 10 heteroatoms. The molecule has 3 saturated heterocycles. The first kappa shape index (κ1) is 30.8. The molecule has 0 aliphatic carbocycles. The highest BCUT2D eigenvalue weighted by molar-refractivity contribution is 6.03. The van der Waals surface area contributed by atoms with Gasteiger partial charge in [-0.1, -0.05) is 18.9 Å². The lowest BCUT2D eigenvalue weighted by atomic mass is 9.95. The van der Waals surface area contributed by atoms with Crippen LogP contribution in [-0.4, -0.2) is 65.5 Å². The third kappa shape index (κ3) is 5.94. The second-order valence-corrected chi connectivity index (χ2v) is 12.4. The summed E-state index contributed by atoms with van der Waals surface area (Å²) >= 11 is 0. The number of phenolic OH excluding ortho intramolecular Hbond substituents is 1. The van der Waals surface area contributed by atoms with Gasteiger partial charge in [-0.3, -0.25) is 4.90 Å². The van der Waals surface area contributed by atoms with E-state index in [1.807, 2.05) is 0 Å². The first-order valence-corrected chi connectivity index (χ1v) is 15.6. The van der Waals surface area contributed by atoms with Crippen LogP contribution in [-0.2, 0) is 0 Å². The average Bonchev–Trinajstić information content (AvgIpc) is 3.53. The molecule has 236 valence electrons. The number of fused-ring (bicyclic) bond motifs is 3. The van der Waals surface area contributed by atoms with E-state index in [9.17, 15) is 18.7 Å². The van der Waals surface area contributed by atoms with Crippen molar-refractivity contribution in [1.82, 2.24) is 14.9 Å². The molecule has 45 heavy (non-hydrogen) atoms. The predicted octanol–water partition coefficient (Wildman–Crippen LogP) is 6.37. The molecule has 3 aliphatic heterocycles. The molecule has 8 nitrogen and oxygen atoms in total. The Labute approximate surface area is 261 Å². The Morgan fingerprint density at radius 3 is 2.67 bits per heavy atom. The third-order valence-corrected chi connectivity index (χ3v) is 9.36. The van der Waals surface area contributed by atoms with Crippen molar-refractivity contribution in [2.45, 2.75) is 64.6 Å². The van der Waals surface area contributed by atoms with Crippen LogP contribution in [0.5, 0.6) is 11.8 Å². The molecule has 3 atom stereocenters. The number of ether oxygens (including phenoxy) is 1. The van der Waals surface area contributed by atoms with Gasteiger partial charge >= 0.3 is 11.6 Å². The molecule has 3 unspecified atom stereocenters. The summed E-state index contributed by atoms with van der Waals surface area (Å²) in [5, 5.41) is 11.5. The zero-order valence-corrected chi connectivity index (χ0v) is 25.9. The summed E-state index contributed by atoms with van der Waals surface area (Å²) in [7, 11) is 1.47. The number of phenols is 1. The SMILES string of the molecule is C#Cc1c(F)ccc2cc(O)cc(-c3oc(=O)c4c(N5CCCC(C)CC5)nc(OC)nc4c3C)c12.FC1CC2CCCN2C1. The zero-order chi connectivity index (χ0) is 31.8. The van der Waals surface area contributed by atoms with Crippen molar-refractivity contribution in [2.24, 2.45) is 5.92 Å². The maximum Gasteiger partial charge on any atom is 0.349 e. The van der Waals surface area contributed by atoms with Crippen LogP contribution >= 0.6 is 0 Å². The van der Waals surface area contributed by atoms with Crippen LogP contribution in [0.3, 0.4) is 0 Å². The van der Waals surface area contributed by atoms with Crippen LogP contribution < -0.4 is 15.3 Å². The Bertz CT molecular complexity index is 1840. The summed E-state index contributed by atoms with van der Waals surface area (Å²) in [6, 6.07) is 6.40. The normalized spacial score (nSPS) is 21.7. The summed E-state index contributed by atoms with van der Waals surface area (Å²) in [4.78, 5) is 26.9. The first-order valence-electron chi connectivity index (χ1n) is 15.6. The lowest BCUT2D eigenvalue weighted by molar-refractivity contribution is 0.292. The van der Waals surface area contributed by atoms with Gasteiger partial charge in [0.2, 0.25) is 0 Å². The van der Waals surface area contributed by atoms with Gasteiger partial charge in [0.25, 0.3) is 0 Å². The molecule has 0 bridgehead atoms. The van der Waals surface area contributed by atoms with E-state index in [1.54, 1.807) is 6.92 Å². The van der Waals surface area contributed by atoms with E-state index in [0.717, 1.165) is 45.3 Å². The van der Waals surface area contributed by atoms with E-state index in [1.165, 1.54) is 44.2 Å². The number of nitrogens with zero attached hydrogens (tertiary/aromatic N) is 4. The van der Waals surface area contributed by atoms with Crippen LogP contribution in [0.25, 0.3) is 33.0 Å². The second-order valence-electron chi connectivity index (χ2n) is 12.4. The van der Waals surface area contributed by atoms with Gasteiger partial charge in [0, 0.05) is 42.2 Å². The molecular formula is C35H38F2N4O4. The van der Waals surface area contributed by atoms with Crippen molar-refractivity contribution in [3.63, 3.8) is 0 Å². The quantitative estimate of drug-likeness (QED) is 0.266. The minimum atomic E-state index is -0.629. The van der Waals surface area contributed by atoms with E-state index >= 15 is 0 Å². The fraction of sp³-hybridized carbons (Fsp3) is 0.457. The number of benzene rings is 2. The maximum atomic E-state index is 14.6. The first-order chi connectivity index (χ1) is 21.7. The minimum absolute atomic E-state index is 0.0179. The number of aromatic hydroxyl groups is 1. The molecule has 1 N–H and O–H groups in total. The monoisotopic (exact) mass is 616 g/mol. The molecule has 0 spiro atoms. The Morgan fingerprint density at radius 1 is 1.11 bits per heavy atom. The number of terminal acetylenes is 1. The number of aromatic nitrogens is 2. The van der Waals surface area contributed by atoms with Crippen molar-refractivity contribution in [3.8, 4) is 35.4 Å². The zero-order valence-electron chi connectivity index (χ0n) is 25.9. The molecular weight excluding hydrogens is 578 g/mol. The van der Waals surface area contributed by atoms with E-state index in [2.05, 4.69) is 32.6 Å². The molecule has 3 aliphatic rings. The standard InChI is InChI=1S/C28H26FN3O4.C7H12FN/c1-5-19-21(29)9-8-17-13-18(33)14-20(22(17)19)25-16(3)24-23(27(34)36-25)26(31-28(30-24)35-4)32-11-6-7-15(2)10-12-32;8-6-4-7-2-1-3-9(7)5-6/h1,8-9,13-15,33H,6-7,10-12H2,2-4H3;6-7H,1-5H2. The third-order valence-electron chi connectivity index (χ3n) is 9.36. The van der Waals surface area contributed by atoms with Gasteiger partial charge < -0.3 is 19.2 Å². The van der Waals surface area contributed by atoms with Crippen LogP contribution in [0.2, 0.25) is 0 Å². The molecule has 2 aromatic heterocycles. The van der Waals surface area contributed by atoms with Crippen molar-refractivity contribution in [3.05, 3.63) is 51.6 Å². The van der Waals surface area contributed by atoms with Crippen LogP contribution in [0.4, 0.5) is 14.6 Å². The summed E-state index contributed by atoms with van der Waals surface area (Å²) in [5.41, 5.74) is 0.584. The van der Waals surface area contributed by atoms with Gasteiger partial charge in [-0.15, -0.1) is 6.42 Å². The van der Waals surface area contributed by atoms with Crippen LogP contribution in [0.15, 0.2) is 33.5 Å². The number of methoxy groups -OCH3 is 1. The Balaban J connectivity index is 0.000000337. The summed E-state index contributed by atoms with van der Waals surface area (Å²) < 4.78 is 38.5. The number of anilines is 1. The van der Waals surface area contributed by atoms with Gasteiger partial charge in [0.1, 0.15) is 28.9 Å². The highest BCUT2D eigenvalue weighted by Crippen LogP contribution is 2.39. The number of rotatable bonds is 3. The van der Waals surface area contributed by atoms with Gasteiger partial charge in [-0.2, -0.15) is 9.97 Å². The summed E-state index contributed by atoms with van der Waals surface area (Å²) in [5.74, 6) is 2.94. The fourth-order valence-corrected chi connectivity index (χ4v) is 7.04. The Hall–Kier alpha value is -4.23. The highest BCUT2D eigenvalue weighted by atomic mass is 19.1.